The number of nitrogens with zero attached hydrogens (tertiary/aromatic N) is 3. The smallest absolute Gasteiger partial charge is 0.369 e. The summed E-state index contributed by atoms with van der Waals surface area (Å²) in [5.41, 5.74) is 5.64. The Morgan fingerprint density at radius 1 is 0.805 bits per heavy atom. The summed E-state index contributed by atoms with van der Waals surface area (Å²) in [6.45, 7) is 1.71. The summed E-state index contributed by atoms with van der Waals surface area (Å²) in [6.07, 6.45) is -9.63. The van der Waals surface area contributed by atoms with Crippen LogP contribution in [0.3, 0.4) is 0 Å². The average Bonchev–Trinajstić information content (AvgIpc) is 2.76. The number of hydrogen-bond acceptors (Lipinski definition) is 8. The van der Waals surface area contributed by atoms with E-state index < -0.39 is 62.3 Å². The molecule has 4 rings (SSSR count). The lowest BCUT2D eigenvalue weighted by Gasteiger charge is -2.40. The van der Waals surface area contributed by atoms with E-state index in [0.717, 1.165) is 25.2 Å². The van der Waals surface area contributed by atoms with Gasteiger partial charge in [0.1, 0.15) is 5.82 Å². The van der Waals surface area contributed by atoms with Crippen molar-refractivity contribution in [2.75, 3.05) is 31.1 Å². The average molecular weight is 598 g/mol. The number of benzene rings is 2. The third kappa shape index (κ3) is 8.72. The minimum absolute atomic E-state index is 0.0796. The predicted octanol–water partition coefficient (Wildman–Crippen LogP) is 2.98. The summed E-state index contributed by atoms with van der Waals surface area (Å²) >= 11 is 0. The number of carbonyl (C=O) groups is 2. The first-order chi connectivity index (χ1) is 18.8. The summed E-state index contributed by atoms with van der Waals surface area (Å²) in [4.78, 5) is 41.1. The highest BCUT2D eigenvalue weighted by Crippen LogP contribution is 2.40. The van der Waals surface area contributed by atoms with E-state index >= 15 is 0 Å². The molecule has 2 aliphatic heterocycles. The zero-order chi connectivity index (χ0) is 31.3. The summed E-state index contributed by atoms with van der Waals surface area (Å²) < 4.78 is 87.5. The van der Waals surface area contributed by atoms with Crippen LogP contribution in [0.5, 0.6) is 0 Å². The number of hydrogen-bond donors (Lipinski definition) is 3. The molecule has 0 atom stereocenters. The third-order valence-electron chi connectivity index (χ3n) is 5.77. The summed E-state index contributed by atoms with van der Waals surface area (Å²) in [5.74, 6) is -2.66. The summed E-state index contributed by atoms with van der Waals surface area (Å²) in [7, 11) is 0. The lowest BCUT2D eigenvalue weighted by atomic mass is 9.97. The topological polar surface area (TPSA) is 188 Å². The van der Waals surface area contributed by atoms with Crippen LogP contribution < -0.4 is 21.7 Å². The van der Waals surface area contributed by atoms with Crippen LogP contribution in [0, 0.1) is 37.9 Å². The number of nitro benzene ring substituents is 2. The zero-order valence-corrected chi connectivity index (χ0v) is 20.5. The monoisotopic (exact) mass is 598 g/mol. The standard InChI is InChI=1S/C11H10F3N3O3.C7H3F4NO2.C4H8N2O/c12-11(13,14)8-3-7(17(19)20)1-2-9(8)16-4-6(5-16)10(15)18;8-6-2-1-4(12(13)14)3-5(6)7(9,10)11;5-4(7)3-1-6-2-3/h1-3,6H,4-5H2,(H2,15,18);1-3H;3,6H,1-2H2,(H2,5,7). The molecule has 12 nitrogen and oxygen atoms in total. The number of alkyl halides is 6. The van der Waals surface area contributed by atoms with Crippen LogP contribution in [0.4, 0.5) is 47.8 Å². The first-order valence-corrected chi connectivity index (χ1v) is 11.2. The van der Waals surface area contributed by atoms with E-state index in [9.17, 15) is 60.6 Å². The second-order valence-electron chi connectivity index (χ2n) is 8.64. The molecule has 0 saturated carbocycles. The van der Waals surface area contributed by atoms with Gasteiger partial charge in [0.25, 0.3) is 11.4 Å². The molecule has 2 saturated heterocycles. The van der Waals surface area contributed by atoms with Crippen molar-refractivity contribution in [2.24, 2.45) is 23.3 Å². The molecule has 2 heterocycles. The molecule has 0 radical (unpaired) electrons. The first-order valence-electron chi connectivity index (χ1n) is 11.2. The quantitative estimate of drug-likeness (QED) is 0.266. The van der Waals surface area contributed by atoms with Gasteiger partial charge >= 0.3 is 12.4 Å². The van der Waals surface area contributed by atoms with Crippen LogP contribution in [-0.4, -0.2) is 47.8 Å². The van der Waals surface area contributed by atoms with E-state index in [0.29, 0.717) is 18.2 Å². The van der Waals surface area contributed by atoms with Gasteiger partial charge in [0.15, 0.2) is 0 Å². The molecule has 0 aromatic heterocycles. The highest BCUT2D eigenvalue weighted by atomic mass is 19.4. The number of primary amides is 2. The van der Waals surface area contributed by atoms with Gasteiger partial charge in [-0.1, -0.05) is 0 Å². The molecule has 0 bridgehead atoms. The number of nitrogens with one attached hydrogen (secondary N) is 1. The Kier molecular flexibility index (Phi) is 10.2. The Bertz CT molecular complexity index is 1310. The third-order valence-corrected chi connectivity index (χ3v) is 5.77. The maximum atomic E-state index is 12.9. The highest BCUT2D eigenvalue weighted by molar-refractivity contribution is 5.80. The van der Waals surface area contributed by atoms with Crippen molar-refractivity contribution in [1.82, 2.24) is 5.32 Å². The first kappa shape index (κ1) is 32.7. The molecule has 19 heteroatoms. The molecule has 2 amide bonds. The molecule has 41 heavy (non-hydrogen) atoms. The van der Waals surface area contributed by atoms with E-state index in [1.54, 1.807) is 0 Å². The van der Waals surface area contributed by atoms with Gasteiger partial charge in [-0.25, -0.2) is 4.39 Å². The fourth-order valence-electron chi connectivity index (χ4n) is 3.33. The molecular formula is C22H21F7N6O6. The fraction of sp³-hybridized carbons (Fsp3) is 0.364. The molecule has 5 N–H and O–H groups in total. The number of anilines is 1. The minimum atomic E-state index is -4.92. The van der Waals surface area contributed by atoms with Crippen molar-refractivity contribution in [2.45, 2.75) is 12.4 Å². The normalized spacial score (nSPS) is 15.2. The van der Waals surface area contributed by atoms with Crippen LogP contribution >= 0.6 is 0 Å². The lowest BCUT2D eigenvalue weighted by Crippen LogP contribution is -2.53. The molecule has 2 aromatic rings. The maximum absolute atomic E-state index is 12.9. The van der Waals surface area contributed by atoms with Crippen molar-refractivity contribution >= 4 is 28.9 Å². The second kappa shape index (κ2) is 12.7. The number of nitro groups is 2. The molecular weight excluding hydrogens is 577 g/mol. The van der Waals surface area contributed by atoms with Gasteiger partial charge in [-0.15, -0.1) is 0 Å². The van der Waals surface area contributed by atoms with E-state index in [-0.39, 0.29) is 36.7 Å². The van der Waals surface area contributed by atoms with Gasteiger partial charge < -0.3 is 21.7 Å². The molecule has 2 fully saturated rings. The van der Waals surface area contributed by atoms with Crippen molar-refractivity contribution in [3.63, 3.8) is 0 Å². The Hall–Kier alpha value is -4.55. The number of halogens is 7. The number of amides is 2. The number of nitrogens with two attached hydrogens (primary N) is 2. The van der Waals surface area contributed by atoms with E-state index in [2.05, 4.69) is 5.32 Å². The van der Waals surface area contributed by atoms with E-state index in [1.807, 2.05) is 0 Å². The zero-order valence-electron chi connectivity index (χ0n) is 20.5. The SMILES string of the molecule is NC(=O)C1CN(c2ccc([N+](=O)[O-])cc2C(F)(F)F)C1.NC(=O)C1CNC1.O=[N+]([O-])c1ccc(F)c(C(F)(F)F)c1. The molecule has 2 aromatic carbocycles. The van der Waals surface area contributed by atoms with Crippen LogP contribution in [0.15, 0.2) is 36.4 Å². The van der Waals surface area contributed by atoms with Crippen LogP contribution in [0.1, 0.15) is 11.1 Å². The van der Waals surface area contributed by atoms with Crippen LogP contribution in [-0.2, 0) is 21.9 Å². The van der Waals surface area contributed by atoms with Gasteiger partial charge in [-0.3, -0.25) is 29.8 Å². The second-order valence-corrected chi connectivity index (χ2v) is 8.64. The predicted molar refractivity (Wildman–Crippen MR) is 127 cm³/mol. The number of rotatable bonds is 5. The Balaban J connectivity index is 0.000000241. The molecule has 0 unspecified atom stereocenters. The maximum Gasteiger partial charge on any atom is 0.419 e. The Morgan fingerprint density at radius 3 is 1.59 bits per heavy atom. The Labute approximate surface area is 225 Å². The van der Waals surface area contributed by atoms with Gasteiger partial charge in [0.2, 0.25) is 11.8 Å². The van der Waals surface area contributed by atoms with Crippen molar-refractivity contribution < 1.29 is 50.2 Å². The van der Waals surface area contributed by atoms with E-state index in [1.165, 1.54) is 4.90 Å². The highest BCUT2D eigenvalue weighted by Gasteiger charge is 2.40. The van der Waals surface area contributed by atoms with Gasteiger partial charge in [-0.05, 0) is 12.1 Å². The van der Waals surface area contributed by atoms with Crippen molar-refractivity contribution in [3.05, 3.63) is 73.6 Å². The molecule has 224 valence electrons. The summed E-state index contributed by atoms with van der Waals surface area (Å²) in [6, 6.07) is 3.79. The number of non-ortho nitro benzene ring substituents is 2. The largest absolute Gasteiger partial charge is 0.419 e. The van der Waals surface area contributed by atoms with Crippen molar-refractivity contribution in [3.8, 4) is 0 Å². The van der Waals surface area contributed by atoms with E-state index in [4.69, 9.17) is 11.5 Å². The lowest BCUT2D eigenvalue weighted by molar-refractivity contribution is -0.385. The van der Waals surface area contributed by atoms with Crippen LogP contribution in [0.25, 0.3) is 0 Å². The molecule has 2 aliphatic rings. The van der Waals surface area contributed by atoms with Crippen LogP contribution in [0.2, 0.25) is 0 Å². The van der Waals surface area contributed by atoms with Gasteiger partial charge in [-0.2, -0.15) is 26.3 Å². The van der Waals surface area contributed by atoms with Gasteiger partial charge in [0.05, 0.1) is 32.8 Å². The minimum Gasteiger partial charge on any atom is -0.369 e. The Morgan fingerprint density at radius 2 is 1.24 bits per heavy atom. The fourth-order valence-corrected chi connectivity index (χ4v) is 3.33. The van der Waals surface area contributed by atoms with Gasteiger partial charge in [0, 0.05) is 56.1 Å². The molecule has 0 aliphatic carbocycles. The molecule has 0 spiro atoms. The summed E-state index contributed by atoms with van der Waals surface area (Å²) in [5, 5.41) is 23.6. The van der Waals surface area contributed by atoms with Crippen molar-refractivity contribution in [1.29, 1.82) is 0 Å². The number of carbonyl (C=O) groups excluding carboxylic acids is 2.